The molecule has 11 heavy (non-hydrogen) atoms. The molecule has 3 rings (SSSR count). The molecule has 0 aromatic heterocycles. The molecular weight excluding hydrogens is 140 g/mol. The molecule has 2 bridgehead atoms. The van der Waals surface area contributed by atoms with Crippen LogP contribution in [0.1, 0.15) is 25.7 Å². The van der Waals surface area contributed by atoms with Crippen molar-refractivity contribution in [1.82, 2.24) is 4.90 Å². The minimum Gasteiger partial charge on any atom is -0.343 e. The zero-order valence-electron chi connectivity index (χ0n) is 6.68. The molecule has 0 atom stereocenters. The monoisotopic (exact) mass is 154 g/mol. The minimum atomic E-state index is -0.0112. The summed E-state index contributed by atoms with van der Waals surface area (Å²) in [4.78, 5) is 13.2. The summed E-state index contributed by atoms with van der Waals surface area (Å²) in [5.74, 6) is 0.301. The van der Waals surface area contributed by atoms with Crippen LogP contribution in [-0.2, 0) is 4.79 Å². The molecule has 3 saturated heterocycles. The van der Waals surface area contributed by atoms with E-state index in [0.717, 1.165) is 32.4 Å². The second kappa shape index (κ2) is 2.21. The van der Waals surface area contributed by atoms with Gasteiger partial charge in [0.2, 0.25) is 5.91 Å². The van der Waals surface area contributed by atoms with Crippen LogP contribution in [0, 0.1) is 0 Å². The number of nitrogens with zero attached hydrogens (tertiary/aromatic N) is 1. The highest BCUT2D eigenvalue weighted by molar-refractivity contribution is 5.77. The molecule has 1 amide bonds. The molecule has 2 N–H and O–H groups in total. The Hall–Kier alpha value is -0.570. The van der Waals surface area contributed by atoms with Crippen molar-refractivity contribution in [2.45, 2.75) is 31.2 Å². The maximum Gasteiger partial charge on any atom is 0.222 e. The molecule has 0 radical (unpaired) electrons. The number of hydrogen-bond donors (Lipinski definition) is 1. The topological polar surface area (TPSA) is 46.3 Å². The van der Waals surface area contributed by atoms with Crippen LogP contribution in [0.3, 0.4) is 0 Å². The highest BCUT2D eigenvalue weighted by atomic mass is 16.2. The van der Waals surface area contributed by atoms with E-state index < -0.39 is 0 Å². The van der Waals surface area contributed by atoms with Crippen molar-refractivity contribution in [3.63, 3.8) is 0 Å². The zero-order chi connectivity index (χ0) is 7.90. The fourth-order valence-corrected chi connectivity index (χ4v) is 1.97. The Kier molecular flexibility index (Phi) is 1.42. The first-order valence-electron chi connectivity index (χ1n) is 4.26. The molecule has 3 nitrogen and oxygen atoms in total. The largest absolute Gasteiger partial charge is 0.343 e. The summed E-state index contributed by atoms with van der Waals surface area (Å²) in [6, 6.07) is 0. The number of carbonyl (C=O) groups excluding carboxylic acids is 1. The predicted octanol–water partition coefficient (Wildman–Crippen LogP) is 0.100. The third-order valence-corrected chi connectivity index (χ3v) is 2.95. The highest BCUT2D eigenvalue weighted by Gasteiger charge is 2.36. The molecule has 0 aromatic carbocycles. The van der Waals surface area contributed by atoms with Gasteiger partial charge in [0, 0.05) is 25.0 Å². The Bertz CT molecular complexity index is 183. The summed E-state index contributed by atoms with van der Waals surface area (Å²) in [7, 11) is 0. The second-order valence-corrected chi connectivity index (χ2v) is 3.74. The van der Waals surface area contributed by atoms with Gasteiger partial charge in [-0.2, -0.15) is 0 Å². The van der Waals surface area contributed by atoms with Gasteiger partial charge in [-0.1, -0.05) is 0 Å². The number of nitrogens with two attached hydrogens (primary N) is 1. The molecule has 0 unspecified atom stereocenters. The normalized spacial score (nSPS) is 28.8. The molecule has 3 heterocycles. The second-order valence-electron chi connectivity index (χ2n) is 3.74. The van der Waals surface area contributed by atoms with Crippen molar-refractivity contribution in [2.75, 3.05) is 13.1 Å². The van der Waals surface area contributed by atoms with E-state index in [1.54, 1.807) is 0 Å². The van der Waals surface area contributed by atoms with Crippen LogP contribution >= 0.6 is 0 Å². The van der Waals surface area contributed by atoms with Gasteiger partial charge in [0.25, 0.3) is 0 Å². The zero-order valence-corrected chi connectivity index (χ0v) is 6.68. The summed E-state index contributed by atoms with van der Waals surface area (Å²) >= 11 is 0. The summed E-state index contributed by atoms with van der Waals surface area (Å²) in [6.07, 6.45) is 3.55. The van der Waals surface area contributed by atoms with Crippen LogP contribution in [0.4, 0.5) is 0 Å². The fourth-order valence-electron chi connectivity index (χ4n) is 1.97. The van der Waals surface area contributed by atoms with Gasteiger partial charge in [-0.15, -0.1) is 0 Å². The summed E-state index contributed by atoms with van der Waals surface area (Å²) in [5, 5.41) is 0. The standard InChI is InChI=1S/C8H14N2O/c9-8-2-1-7(11)10(5-3-8)6-4-8/h1-6,9H2. The molecular formula is C8H14N2O. The first-order chi connectivity index (χ1) is 5.20. The maximum absolute atomic E-state index is 11.3. The molecule has 3 aliphatic heterocycles. The third-order valence-electron chi connectivity index (χ3n) is 2.95. The van der Waals surface area contributed by atoms with Crippen LogP contribution in [0.25, 0.3) is 0 Å². The van der Waals surface area contributed by atoms with Gasteiger partial charge in [-0.05, 0) is 19.3 Å². The van der Waals surface area contributed by atoms with Gasteiger partial charge in [0.1, 0.15) is 0 Å². The van der Waals surface area contributed by atoms with Crippen molar-refractivity contribution >= 4 is 5.91 Å². The lowest BCUT2D eigenvalue weighted by molar-refractivity contribution is -0.130. The molecule has 0 aromatic rings. The number of hydrogen-bond acceptors (Lipinski definition) is 2. The van der Waals surface area contributed by atoms with E-state index in [2.05, 4.69) is 0 Å². The van der Waals surface area contributed by atoms with Gasteiger partial charge in [-0.25, -0.2) is 0 Å². The van der Waals surface area contributed by atoms with Crippen molar-refractivity contribution < 1.29 is 4.79 Å². The first-order valence-corrected chi connectivity index (χ1v) is 4.26. The molecule has 0 aliphatic carbocycles. The van der Waals surface area contributed by atoms with Crippen LogP contribution in [0.2, 0.25) is 0 Å². The number of rotatable bonds is 0. The highest BCUT2D eigenvalue weighted by Crippen LogP contribution is 2.28. The average molecular weight is 154 g/mol. The Morgan fingerprint density at radius 3 is 2.55 bits per heavy atom. The van der Waals surface area contributed by atoms with Crippen molar-refractivity contribution in [2.24, 2.45) is 5.73 Å². The van der Waals surface area contributed by atoms with E-state index in [1.165, 1.54) is 0 Å². The van der Waals surface area contributed by atoms with Gasteiger partial charge in [-0.3, -0.25) is 4.79 Å². The molecule has 0 saturated carbocycles. The molecule has 62 valence electrons. The molecule has 3 aliphatic rings. The quantitative estimate of drug-likeness (QED) is 0.538. The lowest BCUT2D eigenvalue weighted by atomic mass is 9.87. The van der Waals surface area contributed by atoms with E-state index in [1.807, 2.05) is 4.90 Å². The summed E-state index contributed by atoms with van der Waals surface area (Å²) < 4.78 is 0. The van der Waals surface area contributed by atoms with E-state index in [9.17, 15) is 4.79 Å². The van der Waals surface area contributed by atoms with Gasteiger partial charge < -0.3 is 10.6 Å². The van der Waals surface area contributed by atoms with Crippen molar-refractivity contribution in [3.05, 3.63) is 0 Å². The Morgan fingerprint density at radius 2 is 1.91 bits per heavy atom. The Balaban J connectivity index is 2.20. The van der Waals surface area contributed by atoms with Crippen LogP contribution in [0.5, 0.6) is 0 Å². The van der Waals surface area contributed by atoms with Crippen LogP contribution < -0.4 is 5.73 Å². The maximum atomic E-state index is 11.3. The van der Waals surface area contributed by atoms with Gasteiger partial charge >= 0.3 is 0 Å². The summed E-state index contributed by atoms with van der Waals surface area (Å²) in [5.41, 5.74) is 6.07. The van der Waals surface area contributed by atoms with Crippen LogP contribution in [0.15, 0.2) is 0 Å². The molecule has 3 heteroatoms. The predicted molar refractivity (Wildman–Crippen MR) is 42.0 cm³/mol. The van der Waals surface area contributed by atoms with Crippen LogP contribution in [-0.4, -0.2) is 29.4 Å². The lowest BCUT2D eigenvalue weighted by Gasteiger charge is -2.34. The smallest absolute Gasteiger partial charge is 0.222 e. The van der Waals surface area contributed by atoms with E-state index in [0.29, 0.717) is 12.3 Å². The number of fused-ring (bicyclic) bond motifs is 4. The number of piperidine rings is 1. The third kappa shape index (κ3) is 1.13. The molecule has 3 fully saturated rings. The first kappa shape index (κ1) is 7.10. The average Bonchev–Trinajstić information content (AvgIpc) is 2.21. The number of amides is 1. The Morgan fingerprint density at radius 1 is 1.27 bits per heavy atom. The van der Waals surface area contributed by atoms with E-state index in [4.69, 9.17) is 5.73 Å². The van der Waals surface area contributed by atoms with E-state index >= 15 is 0 Å². The van der Waals surface area contributed by atoms with Crippen molar-refractivity contribution in [1.29, 1.82) is 0 Å². The van der Waals surface area contributed by atoms with Gasteiger partial charge in [0.15, 0.2) is 0 Å². The number of carbonyl (C=O) groups is 1. The van der Waals surface area contributed by atoms with Crippen molar-refractivity contribution in [3.8, 4) is 0 Å². The summed E-state index contributed by atoms with van der Waals surface area (Å²) in [6.45, 7) is 1.77. The Labute approximate surface area is 66.5 Å². The molecule has 0 spiro atoms. The lowest BCUT2D eigenvalue weighted by Crippen LogP contribution is -2.47. The minimum absolute atomic E-state index is 0.0112. The fraction of sp³-hybridized carbons (Fsp3) is 0.875. The van der Waals surface area contributed by atoms with E-state index in [-0.39, 0.29) is 5.54 Å². The SMILES string of the molecule is NC12CCC(=O)N(CC1)CC2. The van der Waals surface area contributed by atoms with Gasteiger partial charge in [0.05, 0.1) is 0 Å².